The van der Waals surface area contributed by atoms with E-state index >= 15 is 0 Å². The molecular weight excluding hydrogens is 416 g/mol. The zero-order valence-corrected chi connectivity index (χ0v) is 16.9. The van der Waals surface area contributed by atoms with Gasteiger partial charge in [0.15, 0.2) is 5.69 Å². The van der Waals surface area contributed by atoms with Crippen LogP contribution in [0.3, 0.4) is 0 Å². The third kappa shape index (κ3) is 4.27. The number of rotatable bonds is 5. The number of aromatic nitrogens is 4. The van der Waals surface area contributed by atoms with Crippen molar-refractivity contribution in [1.82, 2.24) is 25.1 Å². The molecule has 2 aromatic carbocycles. The molecule has 0 bridgehead atoms. The second-order valence-electron chi connectivity index (χ2n) is 6.97. The van der Waals surface area contributed by atoms with Crippen LogP contribution in [0.5, 0.6) is 0 Å². The molecule has 32 heavy (non-hydrogen) atoms. The molecule has 1 N–H and O–H groups in total. The van der Waals surface area contributed by atoms with Crippen molar-refractivity contribution in [2.24, 2.45) is 0 Å². The van der Waals surface area contributed by atoms with Gasteiger partial charge >= 0.3 is 0 Å². The molecule has 9 heteroatoms. The Morgan fingerprint density at radius 2 is 1.66 bits per heavy atom. The van der Waals surface area contributed by atoms with Crippen LogP contribution < -0.4 is 10.7 Å². The quantitative estimate of drug-likeness (QED) is 0.522. The molecule has 0 fully saturated rings. The molecule has 0 saturated heterocycles. The van der Waals surface area contributed by atoms with Gasteiger partial charge in [-0.15, -0.1) is 0 Å². The minimum atomic E-state index is -0.845. The fraction of sp³-hybridized carbons (Fsp3) is 0.0870. The van der Waals surface area contributed by atoms with E-state index in [2.05, 4.69) is 20.4 Å². The van der Waals surface area contributed by atoms with Crippen LogP contribution in [0.1, 0.15) is 21.7 Å². The molecule has 1 amide bonds. The van der Waals surface area contributed by atoms with Crippen LogP contribution in [0.15, 0.2) is 72.0 Å². The zero-order chi connectivity index (χ0) is 22.7. The molecule has 0 radical (unpaired) electrons. The van der Waals surface area contributed by atoms with Crippen LogP contribution in [-0.2, 0) is 6.54 Å². The number of nitrogens with one attached hydrogen (secondary N) is 1. The van der Waals surface area contributed by atoms with Crippen LogP contribution in [0.4, 0.5) is 8.78 Å². The first-order valence-electron chi connectivity index (χ1n) is 9.62. The van der Waals surface area contributed by atoms with E-state index in [-0.39, 0.29) is 16.8 Å². The van der Waals surface area contributed by atoms with Crippen molar-refractivity contribution in [1.29, 1.82) is 0 Å². The molecule has 2 aromatic heterocycles. The molecule has 0 atom stereocenters. The molecule has 0 aliphatic heterocycles. The average molecular weight is 433 g/mol. The summed E-state index contributed by atoms with van der Waals surface area (Å²) in [6, 6.07) is 12.5. The number of carbonyl (C=O) groups is 1. The van der Waals surface area contributed by atoms with E-state index in [4.69, 9.17) is 0 Å². The standard InChI is InChI=1S/C23H17F2N5O2/c1-14-7-21(31)22(29-30(14)17-5-3-2-4-6-17)23(32)28-12-18-19(24)8-15(9-20(18)25)16-10-26-13-27-11-16/h2-11,13H,12H2,1H3,(H,28,32). The van der Waals surface area contributed by atoms with Gasteiger partial charge in [-0.05, 0) is 36.8 Å². The first-order chi connectivity index (χ1) is 15.4. The molecule has 4 aromatic rings. The third-order valence-corrected chi connectivity index (χ3v) is 4.78. The topological polar surface area (TPSA) is 89.8 Å². The van der Waals surface area contributed by atoms with Gasteiger partial charge in [0.05, 0.1) is 5.69 Å². The van der Waals surface area contributed by atoms with Gasteiger partial charge in [-0.3, -0.25) is 9.59 Å². The molecular formula is C23H17F2N5O2. The smallest absolute Gasteiger partial charge is 0.276 e. The minimum absolute atomic E-state index is 0.265. The van der Waals surface area contributed by atoms with Crippen LogP contribution >= 0.6 is 0 Å². The van der Waals surface area contributed by atoms with Gasteiger partial charge in [-0.1, -0.05) is 18.2 Å². The summed E-state index contributed by atoms with van der Waals surface area (Å²) in [6.45, 7) is 1.23. The second-order valence-corrected chi connectivity index (χ2v) is 6.97. The number of amides is 1. The maximum Gasteiger partial charge on any atom is 0.276 e. The lowest BCUT2D eigenvalue weighted by atomic mass is 10.1. The van der Waals surface area contributed by atoms with E-state index in [0.29, 0.717) is 16.9 Å². The lowest BCUT2D eigenvalue weighted by Gasteiger charge is -2.12. The van der Waals surface area contributed by atoms with Gasteiger partial charge < -0.3 is 5.32 Å². The molecule has 7 nitrogen and oxygen atoms in total. The van der Waals surface area contributed by atoms with E-state index in [1.54, 1.807) is 31.2 Å². The van der Waals surface area contributed by atoms with Gasteiger partial charge in [-0.25, -0.2) is 23.4 Å². The highest BCUT2D eigenvalue weighted by molar-refractivity contribution is 5.92. The summed E-state index contributed by atoms with van der Waals surface area (Å²) in [5, 5.41) is 6.52. The number of benzene rings is 2. The summed E-state index contributed by atoms with van der Waals surface area (Å²) in [7, 11) is 0. The molecule has 0 spiro atoms. The van der Waals surface area contributed by atoms with E-state index in [1.807, 2.05) is 6.07 Å². The van der Waals surface area contributed by atoms with Crippen molar-refractivity contribution in [2.75, 3.05) is 0 Å². The molecule has 0 saturated carbocycles. The van der Waals surface area contributed by atoms with Crippen molar-refractivity contribution in [3.63, 3.8) is 0 Å². The number of carbonyl (C=O) groups excluding carboxylic acids is 1. The van der Waals surface area contributed by atoms with Gasteiger partial charge in [0, 0.05) is 41.8 Å². The van der Waals surface area contributed by atoms with Crippen LogP contribution in [0.2, 0.25) is 0 Å². The Bertz CT molecular complexity index is 1320. The maximum absolute atomic E-state index is 14.6. The van der Waals surface area contributed by atoms with Crippen molar-refractivity contribution in [3.05, 3.63) is 106 Å². The first kappa shape index (κ1) is 21.0. The minimum Gasteiger partial charge on any atom is -0.346 e. The van der Waals surface area contributed by atoms with E-state index in [9.17, 15) is 18.4 Å². The Morgan fingerprint density at radius 1 is 1.00 bits per heavy atom. The molecule has 0 aliphatic carbocycles. The highest BCUT2D eigenvalue weighted by Crippen LogP contribution is 2.23. The fourth-order valence-corrected chi connectivity index (χ4v) is 3.17. The molecule has 0 aliphatic rings. The second kappa shape index (κ2) is 8.84. The summed E-state index contributed by atoms with van der Waals surface area (Å²) in [5.74, 6) is -2.52. The van der Waals surface area contributed by atoms with Crippen molar-refractivity contribution < 1.29 is 13.6 Å². The Kier molecular flexibility index (Phi) is 5.80. The summed E-state index contributed by atoms with van der Waals surface area (Å²) in [5.41, 5.74) is 0.611. The Balaban J connectivity index is 1.58. The highest BCUT2D eigenvalue weighted by atomic mass is 19.1. The average Bonchev–Trinajstić information content (AvgIpc) is 2.79. The SMILES string of the molecule is Cc1cc(=O)c(C(=O)NCc2c(F)cc(-c3cncnc3)cc2F)nn1-c1ccccc1. The number of halogens is 2. The summed E-state index contributed by atoms with van der Waals surface area (Å²) < 4.78 is 30.6. The lowest BCUT2D eigenvalue weighted by molar-refractivity contribution is 0.0942. The van der Waals surface area contributed by atoms with Crippen LogP contribution in [-0.4, -0.2) is 25.7 Å². The Labute approximate surface area is 181 Å². The number of aryl methyl sites for hydroxylation is 1. The van der Waals surface area contributed by atoms with E-state index < -0.39 is 29.5 Å². The number of hydrogen-bond acceptors (Lipinski definition) is 5. The van der Waals surface area contributed by atoms with E-state index in [0.717, 1.165) is 12.1 Å². The molecule has 0 unspecified atom stereocenters. The predicted molar refractivity (Wildman–Crippen MR) is 113 cm³/mol. The Morgan fingerprint density at radius 3 is 2.31 bits per heavy atom. The van der Waals surface area contributed by atoms with Gasteiger partial charge in [0.1, 0.15) is 18.0 Å². The van der Waals surface area contributed by atoms with Crippen molar-refractivity contribution >= 4 is 5.91 Å². The molecule has 4 rings (SSSR count). The highest BCUT2D eigenvalue weighted by Gasteiger charge is 2.18. The predicted octanol–water partition coefficient (Wildman–Crippen LogP) is 3.21. The van der Waals surface area contributed by atoms with Gasteiger partial charge in [-0.2, -0.15) is 5.10 Å². The largest absolute Gasteiger partial charge is 0.346 e. The number of nitrogens with zero attached hydrogens (tertiary/aromatic N) is 4. The van der Waals surface area contributed by atoms with Crippen molar-refractivity contribution in [2.45, 2.75) is 13.5 Å². The van der Waals surface area contributed by atoms with E-state index in [1.165, 1.54) is 29.5 Å². The fourth-order valence-electron chi connectivity index (χ4n) is 3.17. The third-order valence-electron chi connectivity index (χ3n) is 4.78. The lowest BCUT2D eigenvalue weighted by Crippen LogP contribution is -2.32. The van der Waals surface area contributed by atoms with Crippen molar-refractivity contribution in [3.8, 4) is 16.8 Å². The number of hydrogen-bond donors (Lipinski definition) is 1. The van der Waals surface area contributed by atoms with Crippen LogP contribution in [0.25, 0.3) is 16.8 Å². The Hall–Kier alpha value is -4.27. The van der Waals surface area contributed by atoms with Gasteiger partial charge in [0.2, 0.25) is 5.43 Å². The molecule has 160 valence electrons. The normalized spacial score (nSPS) is 10.7. The zero-order valence-electron chi connectivity index (χ0n) is 16.9. The monoisotopic (exact) mass is 433 g/mol. The summed E-state index contributed by atoms with van der Waals surface area (Å²) in [4.78, 5) is 32.6. The maximum atomic E-state index is 14.6. The first-order valence-corrected chi connectivity index (χ1v) is 9.62. The molecule has 2 heterocycles. The number of para-hydroxylation sites is 1. The van der Waals surface area contributed by atoms with Gasteiger partial charge in [0.25, 0.3) is 5.91 Å². The van der Waals surface area contributed by atoms with Crippen LogP contribution in [0, 0.1) is 18.6 Å². The summed E-state index contributed by atoms with van der Waals surface area (Å²) in [6.07, 6.45) is 4.18. The summed E-state index contributed by atoms with van der Waals surface area (Å²) >= 11 is 0.